The number of amides is 3. The van der Waals surface area contributed by atoms with Crippen molar-refractivity contribution in [1.82, 2.24) is 15.1 Å². The number of ether oxygens (including phenoxy) is 1. The predicted molar refractivity (Wildman–Crippen MR) is 159 cm³/mol. The van der Waals surface area contributed by atoms with Crippen molar-refractivity contribution in [3.8, 4) is 5.75 Å². The Morgan fingerprint density at radius 1 is 0.833 bits per heavy atom. The summed E-state index contributed by atoms with van der Waals surface area (Å²) in [6, 6.07) is 23.0. The van der Waals surface area contributed by atoms with Gasteiger partial charge in [0.2, 0.25) is 5.91 Å². The number of halogens is 1. The van der Waals surface area contributed by atoms with Gasteiger partial charge >= 0.3 is 0 Å². The van der Waals surface area contributed by atoms with E-state index in [1.54, 1.807) is 12.0 Å². The van der Waals surface area contributed by atoms with Gasteiger partial charge in [0.25, 0.3) is 11.8 Å². The Kier molecular flexibility index (Phi) is 9.52. The van der Waals surface area contributed by atoms with E-state index in [9.17, 15) is 18.8 Å². The first-order chi connectivity index (χ1) is 20.4. The van der Waals surface area contributed by atoms with E-state index < -0.39 is 0 Å². The van der Waals surface area contributed by atoms with Crippen molar-refractivity contribution in [3.05, 3.63) is 101 Å². The van der Waals surface area contributed by atoms with E-state index in [1.165, 1.54) is 24.3 Å². The quantitative estimate of drug-likeness (QED) is 0.390. The summed E-state index contributed by atoms with van der Waals surface area (Å²) in [6.07, 6.45) is 4.44. The van der Waals surface area contributed by atoms with Crippen LogP contribution in [-0.2, 0) is 11.3 Å². The number of benzene rings is 3. The highest BCUT2D eigenvalue weighted by atomic mass is 19.1. The highest BCUT2D eigenvalue weighted by molar-refractivity contribution is 5.95. The lowest BCUT2D eigenvalue weighted by atomic mass is 9.88. The average molecular weight is 572 g/mol. The van der Waals surface area contributed by atoms with Gasteiger partial charge in [0.1, 0.15) is 11.6 Å². The number of rotatable bonds is 8. The van der Waals surface area contributed by atoms with Crippen molar-refractivity contribution in [2.75, 3.05) is 20.2 Å². The molecule has 42 heavy (non-hydrogen) atoms. The molecule has 0 spiro atoms. The Labute approximate surface area is 246 Å². The van der Waals surface area contributed by atoms with Crippen LogP contribution in [0, 0.1) is 11.7 Å². The number of nitrogens with zero attached hydrogens (tertiary/aromatic N) is 2. The Morgan fingerprint density at radius 3 is 2.07 bits per heavy atom. The van der Waals surface area contributed by atoms with E-state index in [2.05, 4.69) is 5.32 Å². The molecule has 3 aromatic rings. The van der Waals surface area contributed by atoms with Crippen molar-refractivity contribution < 1.29 is 23.5 Å². The molecule has 3 aromatic carbocycles. The van der Waals surface area contributed by atoms with Crippen molar-refractivity contribution in [1.29, 1.82) is 0 Å². The molecule has 2 aliphatic rings. The van der Waals surface area contributed by atoms with Crippen molar-refractivity contribution in [2.45, 2.75) is 57.2 Å². The van der Waals surface area contributed by atoms with E-state index in [1.807, 2.05) is 59.5 Å². The Hall–Kier alpha value is -4.20. The minimum absolute atomic E-state index is 0.00376. The molecular weight excluding hydrogens is 533 g/mol. The van der Waals surface area contributed by atoms with Gasteiger partial charge in [-0.2, -0.15) is 0 Å². The first kappa shape index (κ1) is 29.3. The molecule has 0 radical (unpaired) electrons. The maximum Gasteiger partial charge on any atom is 0.254 e. The zero-order valence-corrected chi connectivity index (χ0v) is 24.0. The van der Waals surface area contributed by atoms with E-state index in [0.29, 0.717) is 49.4 Å². The van der Waals surface area contributed by atoms with Crippen LogP contribution in [0.25, 0.3) is 0 Å². The van der Waals surface area contributed by atoms with Gasteiger partial charge in [0.05, 0.1) is 7.11 Å². The van der Waals surface area contributed by atoms with Crippen LogP contribution in [0.2, 0.25) is 0 Å². The second-order valence-electron chi connectivity index (χ2n) is 11.2. The van der Waals surface area contributed by atoms with Crippen LogP contribution in [0.4, 0.5) is 4.39 Å². The highest BCUT2D eigenvalue weighted by Crippen LogP contribution is 2.28. The van der Waals surface area contributed by atoms with Gasteiger partial charge < -0.3 is 19.9 Å². The summed E-state index contributed by atoms with van der Waals surface area (Å²) >= 11 is 0. The van der Waals surface area contributed by atoms with Crippen LogP contribution >= 0.6 is 0 Å². The zero-order chi connectivity index (χ0) is 29.5. The lowest BCUT2D eigenvalue weighted by Crippen LogP contribution is -2.48. The largest absolute Gasteiger partial charge is 0.497 e. The number of hydrogen-bond acceptors (Lipinski definition) is 4. The van der Waals surface area contributed by atoms with Gasteiger partial charge in [-0.3, -0.25) is 14.4 Å². The molecule has 220 valence electrons. The third-order valence-corrected chi connectivity index (χ3v) is 8.52. The molecule has 0 atom stereocenters. The molecule has 1 saturated carbocycles. The SMILES string of the molecule is COc1ccc(C(=O)N(Cc2ccccc2)C2CCC(NC(=O)C3CCN(C(=O)c4ccc(F)cc4)CC3)CC2)cc1. The minimum Gasteiger partial charge on any atom is -0.497 e. The summed E-state index contributed by atoms with van der Waals surface area (Å²) in [5.74, 6) is 0.118. The van der Waals surface area contributed by atoms with Gasteiger partial charge in [-0.1, -0.05) is 30.3 Å². The molecule has 1 heterocycles. The fourth-order valence-corrected chi connectivity index (χ4v) is 6.02. The molecule has 2 fully saturated rings. The summed E-state index contributed by atoms with van der Waals surface area (Å²) < 4.78 is 18.5. The van der Waals surface area contributed by atoms with Crippen LogP contribution in [0.15, 0.2) is 78.9 Å². The lowest BCUT2D eigenvalue weighted by molar-refractivity contribution is -0.127. The first-order valence-electron chi connectivity index (χ1n) is 14.8. The molecule has 7 nitrogen and oxygen atoms in total. The summed E-state index contributed by atoms with van der Waals surface area (Å²) in [6.45, 7) is 1.54. The number of carbonyl (C=O) groups is 3. The second kappa shape index (κ2) is 13.6. The zero-order valence-electron chi connectivity index (χ0n) is 24.0. The fraction of sp³-hybridized carbons (Fsp3) is 0.382. The topological polar surface area (TPSA) is 79.0 Å². The third kappa shape index (κ3) is 7.16. The molecule has 1 aliphatic heterocycles. The first-order valence-corrected chi connectivity index (χ1v) is 14.8. The molecule has 3 amide bonds. The van der Waals surface area contributed by atoms with E-state index in [4.69, 9.17) is 4.74 Å². The number of carbonyl (C=O) groups excluding carboxylic acids is 3. The van der Waals surface area contributed by atoms with Crippen molar-refractivity contribution >= 4 is 17.7 Å². The van der Waals surface area contributed by atoms with Crippen molar-refractivity contribution in [3.63, 3.8) is 0 Å². The Balaban J connectivity index is 1.14. The Morgan fingerprint density at radius 2 is 1.45 bits per heavy atom. The number of likely N-dealkylation sites (tertiary alicyclic amines) is 1. The van der Waals surface area contributed by atoms with E-state index >= 15 is 0 Å². The smallest absolute Gasteiger partial charge is 0.254 e. The molecular formula is C34H38FN3O4. The highest BCUT2D eigenvalue weighted by Gasteiger charge is 2.33. The maximum absolute atomic E-state index is 13.7. The van der Waals surface area contributed by atoms with Crippen LogP contribution in [-0.4, -0.2) is 59.8 Å². The normalized spacial score (nSPS) is 19.1. The molecule has 5 rings (SSSR count). The number of hydrogen-bond donors (Lipinski definition) is 1. The van der Waals surface area contributed by atoms with Gasteiger partial charge in [-0.15, -0.1) is 0 Å². The van der Waals surface area contributed by atoms with Crippen molar-refractivity contribution in [2.24, 2.45) is 5.92 Å². The molecule has 1 N–H and O–H groups in total. The molecule has 0 unspecified atom stereocenters. The number of nitrogens with one attached hydrogen (secondary N) is 1. The minimum atomic E-state index is -0.372. The maximum atomic E-state index is 13.7. The van der Waals surface area contributed by atoms with Gasteiger partial charge in [0, 0.05) is 48.8 Å². The predicted octanol–water partition coefficient (Wildman–Crippen LogP) is 5.46. The second-order valence-corrected chi connectivity index (χ2v) is 11.2. The van der Waals surface area contributed by atoms with Crippen LogP contribution in [0.3, 0.4) is 0 Å². The van der Waals surface area contributed by atoms with Gasteiger partial charge in [-0.05, 0) is 92.6 Å². The summed E-state index contributed by atoms with van der Waals surface area (Å²) in [5, 5.41) is 3.25. The molecule has 0 bridgehead atoms. The Bertz CT molecular complexity index is 1350. The lowest BCUT2D eigenvalue weighted by Gasteiger charge is -2.38. The fourth-order valence-electron chi connectivity index (χ4n) is 6.02. The standard InChI is InChI=1S/C34H38FN3O4/c1-42-31-17-9-27(10-18-31)34(41)38(23-24-5-3-2-4-6-24)30-15-13-29(14-16-30)36-32(39)25-19-21-37(22-20-25)33(40)26-7-11-28(35)12-8-26/h2-12,17-18,25,29-30H,13-16,19-23H2,1H3,(H,36,39). The van der Waals surface area contributed by atoms with Crippen LogP contribution in [0.5, 0.6) is 5.75 Å². The van der Waals surface area contributed by atoms with E-state index in [-0.39, 0.29) is 41.5 Å². The van der Waals surface area contributed by atoms with Gasteiger partial charge in [-0.25, -0.2) is 4.39 Å². The summed E-state index contributed by atoms with van der Waals surface area (Å²) in [4.78, 5) is 43.2. The number of methoxy groups -OCH3 is 1. The van der Waals surface area contributed by atoms with Gasteiger partial charge in [0.15, 0.2) is 0 Å². The van der Waals surface area contributed by atoms with E-state index in [0.717, 1.165) is 31.2 Å². The average Bonchev–Trinajstić information content (AvgIpc) is 3.04. The molecule has 0 aromatic heterocycles. The molecule has 1 aliphatic carbocycles. The third-order valence-electron chi connectivity index (χ3n) is 8.52. The number of piperidine rings is 1. The van der Waals surface area contributed by atoms with Crippen LogP contribution in [0.1, 0.15) is 64.8 Å². The summed E-state index contributed by atoms with van der Waals surface area (Å²) in [7, 11) is 1.61. The monoisotopic (exact) mass is 571 g/mol. The van der Waals surface area contributed by atoms with Crippen LogP contribution < -0.4 is 10.1 Å². The molecule has 1 saturated heterocycles. The molecule has 8 heteroatoms. The summed E-state index contributed by atoms with van der Waals surface area (Å²) in [5.41, 5.74) is 2.17.